The van der Waals surface area contributed by atoms with Gasteiger partial charge in [-0.2, -0.15) is 0 Å². The lowest BCUT2D eigenvalue weighted by Gasteiger charge is -2.08. The van der Waals surface area contributed by atoms with Crippen LogP contribution in [-0.2, 0) is 10.1 Å². The van der Waals surface area contributed by atoms with Gasteiger partial charge < -0.3 is 4.74 Å². The largest absolute Gasteiger partial charge is 0.462 e. The predicted molar refractivity (Wildman–Crippen MR) is 62.7 cm³/mol. The number of esters is 1. The van der Waals surface area contributed by atoms with Gasteiger partial charge in [-0.25, -0.2) is 9.18 Å². The number of hydrogen-bond donors (Lipinski definition) is 0. The summed E-state index contributed by atoms with van der Waals surface area (Å²) in [6.07, 6.45) is 0. The molecule has 0 atom stereocenters. The lowest BCUT2D eigenvalue weighted by molar-refractivity contribution is 0.0525. The van der Waals surface area contributed by atoms with Gasteiger partial charge in [0.2, 0.25) is 0 Å². The molecule has 0 unspecified atom stereocenters. The summed E-state index contributed by atoms with van der Waals surface area (Å²) in [6.45, 7) is 2.03. The Kier molecular flexibility index (Phi) is 4.73. The molecule has 0 heterocycles. The van der Waals surface area contributed by atoms with Gasteiger partial charge in [0, 0.05) is 5.33 Å². The summed E-state index contributed by atoms with van der Waals surface area (Å²) in [5.41, 5.74) is 0.940. The highest BCUT2D eigenvalue weighted by atomic mass is 79.9. The predicted octanol–water partition coefficient (Wildman–Crippen LogP) is 3.66. The molecule has 0 aliphatic heterocycles. The fourth-order valence-electron chi connectivity index (χ4n) is 1.12. The van der Waals surface area contributed by atoms with Crippen molar-refractivity contribution in [3.8, 4) is 0 Å². The molecular formula is C10H9Br2FO2. The van der Waals surface area contributed by atoms with Crippen molar-refractivity contribution in [2.24, 2.45) is 0 Å². The van der Waals surface area contributed by atoms with Crippen molar-refractivity contribution < 1.29 is 13.9 Å². The fourth-order valence-corrected chi connectivity index (χ4v) is 2.57. The Labute approximate surface area is 104 Å². The molecule has 0 saturated heterocycles. The van der Waals surface area contributed by atoms with Gasteiger partial charge in [-0.15, -0.1) is 0 Å². The number of hydrogen-bond acceptors (Lipinski definition) is 2. The zero-order chi connectivity index (χ0) is 11.4. The van der Waals surface area contributed by atoms with Crippen molar-refractivity contribution >= 4 is 37.8 Å². The van der Waals surface area contributed by atoms with Crippen molar-refractivity contribution in [2.45, 2.75) is 12.3 Å². The summed E-state index contributed by atoms with van der Waals surface area (Å²) in [7, 11) is 0. The second-order valence-electron chi connectivity index (χ2n) is 2.74. The first-order valence-electron chi connectivity index (χ1n) is 4.31. The quantitative estimate of drug-likeness (QED) is 0.620. The zero-order valence-electron chi connectivity index (χ0n) is 8.02. The van der Waals surface area contributed by atoms with Crippen LogP contribution in [0.3, 0.4) is 0 Å². The fraction of sp³-hybridized carbons (Fsp3) is 0.300. The molecule has 0 radical (unpaired) electrons. The highest BCUT2D eigenvalue weighted by molar-refractivity contribution is 9.10. The summed E-state index contributed by atoms with van der Waals surface area (Å²) >= 11 is 6.31. The smallest absolute Gasteiger partial charge is 0.338 e. The van der Waals surface area contributed by atoms with E-state index in [1.165, 1.54) is 12.1 Å². The highest BCUT2D eigenvalue weighted by Crippen LogP contribution is 2.26. The van der Waals surface area contributed by atoms with Crippen molar-refractivity contribution in [3.63, 3.8) is 0 Å². The topological polar surface area (TPSA) is 26.3 Å². The molecule has 1 aromatic rings. The molecule has 0 aliphatic carbocycles. The van der Waals surface area contributed by atoms with E-state index in [0.717, 1.165) is 0 Å². The Morgan fingerprint density at radius 1 is 1.53 bits per heavy atom. The summed E-state index contributed by atoms with van der Waals surface area (Å²) in [5, 5.41) is 0.388. The maximum atomic E-state index is 13.2. The van der Waals surface area contributed by atoms with E-state index in [1.54, 1.807) is 6.92 Å². The molecule has 0 aliphatic rings. The Morgan fingerprint density at radius 3 is 2.73 bits per heavy atom. The summed E-state index contributed by atoms with van der Waals surface area (Å²) < 4.78 is 18.3. The Hall–Kier alpha value is -0.420. The van der Waals surface area contributed by atoms with E-state index in [-0.39, 0.29) is 0 Å². The lowest BCUT2D eigenvalue weighted by Crippen LogP contribution is -2.08. The summed E-state index contributed by atoms with van der Waals surface area (Å²) in [4.78, 5) is 11.5. The van der Waals surface area contributed by atoms with E-state index in [4.69, 9.17) is 4.74 Å². The lowest BCUT2D eigenvalue weighted by atomic mass is 10.1. The van der Waals surface area contributed by atoms with E-state index in [2.05, 4.69) is 31.9 Å². The van der Waals surface area contributed by atoms with Gasteiger partial charge in [-0.1, -0.05) is 15.9 Å². The van der Waals surface area contributed by atoms with Crippen LogP contribution in [0.2, 0.25) is 0 Å². The van der Waals surface area contributed by atoms with Crippen molar-refractivity contribution in [2.75, 3.05) is 6.61 Å². The maximum absolute atomic E-state index is 13.2. The first-order chi connectivity index (χ1) is 7.11. The molecule has 0 saturated carbocycles. The SMILES string of the molecule is CCOC(=O)c1ccc(F)c(Br)c1CBr. The van der Waals surface area contributed by atoms with E-state index < -0.39 is 11.8 Å². The van der Waals surface area contributed by atoms with Crippen molar-refractivity contribution in [1.29, 1.82) is 0 Å². The van der Waals surface area contributed by atoms with Gasteiger partial charge in [-0.05, 0) is 40.5 Å². The first kappa shape index (κ1) is 12.6. The average molecular weight is 340 g/mol. The number of benzene rings is 1. The monoisotopic (exact) mass is 338 g/mol. The molecular weight excluding hydrogens is 331 g/mol. The summed E-state index contributed by atoms with van der Waals surface area (Å²) in [6, 6.07) is 2.66. The second kappa shape index (κ2) is 5.61. The normalized spacial score (nSPS) is 10.1. The number of carbonyl (C=O) groups excluding carboxylic acids is 1. The zero-order valence-corrected chi connectivity index (χ0v) is 11.2. The molecule has 0 fully saturated rings. The van der Waals surface area contributed by atoms with E-state index in [1.807, 2.05) is 0 Å². The standard InChI is InChI=1S/C10H9Br2FO2/c1-2-15-10(14)6-3-4-8(13)9(12)7(6)5-11/h3-4H,2,5H2,1H3. The number of rotatable bonds is 3. The first-order valence-corrected chi connectivity index (χ1v) is 6.23. The highest BCUT2D eigenvalue weighted by Gasteiger charge is 2.16. The number of alkyl halides is 1. The van der Waals surface area contributed by atoms with Crippen LogP contribution >= 0.6 is 31.9 Å². The van der Waals surface area contributed by atoms with Crippen LogP contribution in [0.25, 0.3) is 0 Å². The van der Waals surface area contributed by atoms with Gasteiger partial charge in [0.05, 0.1) is 16.6 Å². The Balaban J connectivity index is 3.18. The van der Waals surface area contributed by atoms with Gasteiger partial charge >= 0.3 is 5.97 Å². The van der Waals surface area contributed by atoms with Crippen LogP contribution in [0.5, 0.6) is 0 Å². The molecule has 0 amide bonds. The molecule has 0 bridgehead atoms. The minimum Gasteiger partial charge on any atom is -0.462 e. The van der Waals surface area contributed by atoms with Crippen LogP contribution < -0.4 is 0 Å². The van der Waals surface area contributed by atoms with Gasteiger partial charge in [0.25, 0.3) is 0 Å². The molecule has 0 aromatic heterocycles. The molecule has 82 valence electrons. The number of ether oxygens (including phenoxy) is 1. The molecule has 2 nitrogen and oxygen atoms in total. The molecule has 15 heavy (non-hydrogen) atoms. The average Bonchev–Trinajstić information content (AvgIpc) is 2.22. The third kappa shape index (κ3) is 2.78. The van der Waals surface area contributed by atoms with E-state index in [0.29, 0.717) is 27.5 Å². The van der Waals surface area contributed by atoms with Crippen molar-refractivity contribution in [3.05, 3.63) is 33.5 Å². The number of carbonyl (C=O) groups is 1. The molecule has 1 rings (SSSR count). The molecule has 5 heteroatoms. The third-order valence-electron chi connectivity index (χ3n) is 1.83. The third-order valence-corrected chi connectivity index (χ3v) is 3.24. The Morgan fingerprint density at radius 2 is 2.20 bits per heavy atom. The van der Waals surface area contributed by atoms with Crippen LogP contribution in [0.4, 0.5) is 4.39 Å². The van der Waals surface area contributed by atoms with Crippen molar-refractivity contribution in [1.82, 2.24) is 0 Å². The second-order valence-corrected chi connectivity index (χ2v) is 4.10. The molecule has 0 N–H and O–H groups in total. The van der Waals surface area contributed by atoms with Gasteiger partial charge in [0.1, 0.15) is 5.82 Å². The molecule has 1 aromatic carbocycles. The molecule has 0 spiro atoms. The minimum atomic E-state index is -0.437. The van der Waals surface area contributed by atoms with Crippen LogP contribution in [0.15, 0.2) is 16.6 Å². The van der Waals surface area contributed by atoms with Gasteiger partial charge in [-0.3, -0.25) is 0 Å². The van der Waals surface area contributed by atoms with Crippen LogP contribution in [0.1, 0.15) is 22.8 Å². The number of halogens is 3. The van der Waals surface area contributed by atoms with E-state index >= 15 is 0 Å². The van der Waals surface area contributed by atoms with Crippen LogP contribution in [-0.4, -0.2) is 12.6 Å². The Bertz CT molecular complexity index is 380. The van der Waals surface area contributed by atoms with E-state index in [9.17, 15) is 9.18 Å². The maximum Gasteiger partial charge on any atom is 0.338 e. The van der Waals surface area contributed by atoms with Crippen LogP contribution in [0, 0.1) is 5.82 Å². The van der Waals surface area contributed by atoms with Gasteiger partial charge in [0.15, 0.2) is 0 Å². The summed E-state index contributed by atoms with van der Waals surface area (Å²) in [5.74, 6) is -0.829. The minimum absolute atomic E-state index is 0.296.